The molecule has 0 radical (unpaired) electrons. The number of hydrogen-bond donors (Lipinski definition) is 1. The van der Waals surface area contributed by atoms with Gasteiger partial charge in [0.25, 0.3) is 0 Å². The first-order valence-corrected chi connectivity index (χ1v) is 9.24. The summed E-state index contributed by atoms with van der Waals surface area (Å²) >= 11 is 6.30. The number of phenolic OH excluding ortho intramolecular Hbond substituents is 1. The fourth-order valence-corrected chi connectivity index (χ4v) is 4.40. The lowest BCUT2D eigenvalue weighted by atomic mass is 9.81. The molecule has 0 bridgehead atoms. The summed E-state index contributed by atoms with van der Waals surface area (Å²) in [5.41, 5.74) is 5.39. The van der Waals surface area contributed by atoms with Gasteiger partial charge in [-0.1, -0.05) is 67.9 Å². The SMILES string of the molecule is CC1(C)c2ccccc2-c2ccc(-c3ncc4cccc(Cl)c4n3)c(O)c21. The maximum Gasteiger partial charge on any atom is 0.163 e. The third-order valence-electron chi connectivity index (χ3n) is 5.50. The largest absolute Gasteiger partial charge is 0.507 e. The molecule has 0 unspecified atom stereocenters. The monoisotopic (exact) mass is 372 g/mol. The van der Waals surface area contributed by atoms with E-state index in [1.54, 1.807) is 6.20 Å². The molecule has 0 amide bonds. The fraction of sp³-hybridized carbons (Fsp3) is 0.130. The van der Waals surface area contributed by atoms with Gasteiger partial charge in [-0.05, 0) is 28.8 Å². The molecule has 0 atom stereocenters. The second-order valence-electron chi connectivity index (χ2n) is 7.43. The van der Waals surface area contributed by atoms with Gasteiger partial charge in [-0.3, -0.25) is 0 Å². The van der Waals surface area contributed by atoms with E-state index in [1.807, 2.05) is 36.4 Å². The van der Waals surface area contributed by atoms with E-state index in [9.17, 15) is 5.11 Å². The molecule has 4 heteroatoms. The van der Waals surface area contributed by atoms with Gasteiger partial charge in [-0.25, -0.2) is 9.97 Å². The summed E-state index contributed by atoms with van der Waals surface area (Å²) in [6.07, 6.45) is 1.75. The summed E-state index contributed by atoms with van der Waals surface area (Å²) in [5, 5.41) is 12.6. The van der Waals surface area contributed by atoms with Crippen LogP contribution in [-0.2, 0) is 5.41 Å². The molecule has 1 N–H and O–H groups in total. The zero-order chi connectivity index (χ0) is 18.8. The van der Waals surface area contributed by atoms with Gasteiger partial charge in [0.05, 0.1) is 16.1 Å². The van der Waals surface area contributed by atoms with Gasteiger partial charge in [0, 0.05) is 22.6 Å². The molecule has 1 heterocycles. The Morgan fingerprint density at radius 1 is 0.889 bits per heavy atom. The zero-order valence-corrected chi connectivity index (χ0v) is 15.7. The Labute approximate surface area is 162 Å². The molecule has 0 saturated carbocycles. The summed E-state index contributed by atoms with van der Waals surface area (Å²) in [7, 11) is 0. The molecule has 0 aliphatic heterocycles. The number of phenols is 1. The molecule has 1 aromatic heterocycles. The normalized spacial score (nSPS) is 14.2. The van der Waals surface area contributed by atoms with E-state index < -0.39 is 0 Å². The lowest BCUT2D eigenvalue weighted by Gasteiger charge is -2.23. The van der Waals surface area contributed by atoms with Crippen LogP contribution in [0.4, 0.5) is 0 Å². The van der Waals surface area contributed by atoms with Crippen LogP contribution < -0.4 is 0 Å². The van der Waals surface area contributed by atoms with Crippen molar-refractivity contribution in [1.29, 1.82) is 0 Å². The highest BCUT2D eigenvalue weighted by Crippen LogP contribution is 2.53. The molecule has 0 saturated heterocycles. The average Bonchev–Trinajstić information content (AvgIpc) is 2.91. The topological polar surface area (TPSA) is 46.0 Å². The van der Waals surface area contributed by atoms with Gasteiger partial charge in [-0.15, -0.1) is 0 Å². The Kier molecular flexibility index (Phi) is 3.34. The molecule has 132 valence electrons. The van der Waals surface area contributed by atoms with Gasteiger partial charge in [-0.2, -0.15) is 0 Å². The summed E-state index contributed by atoms with van der Waals surface area (Å²) in [6.45, 7) is 4.28. The number of rotatable bonds is 1. The molecule has 1 aliphatic rings. The van der Waals surface area contributed by atoms with Gasteiger partial charge in [0.2, 0.25) is 0 Å². The summed E-state index contributed by atoms with van der Waals surface area (Å²) < 4.78 is 0. The van der Waals surface area contributed by atoms with Crippen LogP contribution >= 0.6 is 11.6 Å². The van der Waals surface area contributed by atoms with Crippen LogP contribution in [0.5, 0.6) is 5.75 Å². The minimum Gasteiger partial charge on any atom is -0.507 e. The number of hydrogen-bond acceptors (Lipinski definition) is 3. The van der Waals surface area contributed by atoms with Gasteiger partial charge in [0.1, 0.15) is 5.75 Å². The molecule has 5 rings (SSSR count). The molecular weight excluding hydrogens is 356 g/mol. The Bertz CT molecular complexity index is 1230. The molecule has 4 aromatic rings. The molecule has 3 nitrogen and oxygen atoms in total. The zero-order valence-electron chi connectivity index (χ0n) is 15.0. The first kappa shape index (κ1) is 16.3. The Hall–Kier alpha value is -2.91. The van der Waals surface area contributed by atoms with Crippen LogP contribution in [0.15, 0.2) is 60.8 Å². The summed E-state index contributed by atoms with van der Waals surface area (Å²) in [6, 6.07) is 17.9. The number of nitrogens with zero attached hydrogens (tertiary/aromatic N) is 2. The second-order valence-corrected chi connectivity index (χ2v) is 7.83. The highest BCUT2D eigenvalue weighted by atomic mass is 35.5. The highest BCUT2D eigenvalue weighted by molar-refractivity contribution is 6.35. The molecule has 1 aliphatic carbocycles. The van der Waals surface area contributed by atoms with E-state index in [4.69, 9.17) is 11.6 Å². The number of fused-ring (bicyclic) bond motifs is 4. The van der Waals surface area contributed by atoms with Crippen molar-refractivity contribution >= 4 is 22.5 Å². The first-order valence-electron chi connectivity index (χ1n) is 8.86. The van der Waals surface area contributed by atoms with Crippen LogP contribution in [0.1, 0.15) is 25.0 Å². The summed E-state index contributed by atoms with van der Waals surface area (Å²) in [4.78, 5) is 9.10. The number of benzene rings is 3. The van der Waals surface area contributed by atoms with Crippen molar-refractivity contribution in [3.8, 4) is 28.3 Å². The van der Waals surface area contributed by atoms with Gasteiger partial charge >= 0.3 is 0 Å². The lowest BCUT2D eigenvalue weighted by molar-refractivity contribution is 0.458. The minimum atomic E-state index is -0.291. The number of halogens is 1. The third kappa shape index (κ3) is 2.22. The molecular formula is C23H17ClN2O. The first-order chi connectivity index (χ1) is 13.0. The van der Waals surface area contributed by atoms with Crippen LogP contribution in [0.25, 0.3) is 33.4 Å². The standard InChI is InChI=1S/C23H17ClN2O/c1-23(2)17-8-4-3-7-14(17)15-10-11-16(21(27)19(15)23)22-25-12-13-6-5-9-18(24)20(13)26-22/h3-12,27H,1-2H3. The van der Waals surface area contributed by atoms with Crippen LogP contribution in [0.2, 0.25) is 5.02 Å². The highest BCUT2D eigenvalue weighted by Gasteiger charge is 2.38. The third-order valence-corrected chi connectivity index (χ3v) is 5.80. The molecule has 0 fully saturated rings. The summed E-state index contributed by atoms with van der Waals surface area (Å²) in [5.74, 6) is 0.711. The van der Waals surface area contributed by atoms with Crippen molar-refractivity contribution in [2.75, 3.05) is 0 Å². The number of aromatic hydroxyl groups is 1. The van der Waals surface area contributed by atoms with Crippen molar-refractivity contribution in [3.05, 3.63) is 76.9 Å². The maximum absolute atomic E-state index is 11.2. The molecule has 27 heavy (non-hydrogen) atoms. The fourth-order valence-electron chi connectivity index (χ4n) is 4.18. The smallest absolute Gasteiger partial charge is 0.163 e. The number of aromatic nitrogens is 2. The van der Waals surface area contributed by atoms with Crippen LogP contribution in [-0.4, -0.2) is 15.1 Å². The number of para-hydroxylation sites is 1. The van der Waals surface area contributed by atoms with Crippen molar-refractivity contribution < 1.29 is 5.11 Å². The average molecular weight is 373 g/mol. The van der Waals surface area contributed by atoms with E-state index in [2.05, 4.69) is 42.0 Å². The van der Waals surface area contributed by atoms with Crippen LogP contribution in [0, 0.1) is 0 Å². The van der Waals surface area contributed by atoms with Gasteiger partial charge < -0.3 is 5.11 Å². The van der Waals surface area contributed by atoms with Crippen molar-refractivity contribution in [2.24, 2.45) is 0 Å². The van der Waals surface area contributed by atoms with Crippen molar-refractivity contribution in [1.82, 2.24) is 9.97 Å². The van der Waals surface area contributed by atoms with E-state index in [0.717, 1.165) is 16.5 Å². The Morgan fingerprint density at radius 2 is 1.67 bits per heavy atom. The van der Waals surface area contributed by atoms with E-state index in [0.29, 0.717) is 21.9 Å². The predicted octanol–water partition coefficient (Wildman–Crippen LogP) is 5.96. The quantitative estimate of drug-likeness (QED) is 0.448. The van der Waals surface area contributed by atoms with E-state index in [-0.39, 0.29) is 11.2 Å². The van der Waals surface area contributed by atoms with Gasteiger partial charge in [0.15, 0.2) is 5.82 Å². The van der Waals surface area contributed by atoms with E-state index >= 15 is 0 Å². The van der Waals surface area contributed by atoms with Crippen molar-refractivity contribution in [2.45, 2.75) is 19.3 Å². The van der Waals surface area contributed by atoms with E-state index in [1.165, 1.54) is 11.1 Å². The lowest BCUT2D eigenvalue weighted by Crippen LogP contribution is -2.15. The van der Waals surface area contributed by atoms with Crippen molar-refractivity contribution in [3.63, 3.8) is 0 Å². The predicted molar refractivity (Wildman–Crippen MR) is 109 cm³/mol. The molecule has 0 spiro atoms. The second kappa shape index (κ2) is 5.54. The maximum atomic E-state index is 11.2. The molecule has 3 aromatic carbocycles. The minimum absolute atomic E-state index is 0.236. The Balaban J connectivity index is 1.76. The van der Waals surface area contributed by atoms with Crippen LogP contribution in [0.3, 0.4) is 0 Å². The Morgan fingerprint density at radius 3 is 2.52 bits per heavy atom.